The first-order valence-electron chi connectivity index (χ1n) is 23.9. The lowest BCUT2D eigenvalue weighted by Gasteiger charge is -2.39. The maximum atomic E-state index is 5.50. The second-order valence-corrected chi connectivity index (χ2v) is 19.4. The Morgan fingerprint density at radius 3 is 1.79 bits per heavy atom. The van der Waals surface area contributed by atoms with Crippen LogP contribution in [-0.2, 0) is 5.41 Å². The first kappa shape index (κ1) is 40.6. The van der Waals surface area contributed by atoms with Gasteiger partial charge in [-0.15, -0.1) is 0 Å². The molecule has 0 amide bonds. The Bertz CT molecular complexity index is 3330. The van der Waals surface area contributed by atoms with Gasteiger partial charge in [-0.05, 0) is 124 Å². The molecule has 3 aliphatic heterocycles. The average Bonchev–Trinajstić information content (AvgIpc) is 3.72. The molecule has 0 radical (unpaired) electrons. The van der Waals surface area contributed by atoms with Gasteiger partial charge in [-0.3, -0.25) is 0 Å². The van der Waals surface area contributed by atoms with Crippen molar-refractivity contribution in [2.24, 2.45) is 25.9 Å². The molecule has 0 bridgehead atoms. The van der Waals surface area contributed by atoms with Gasteiger partial charge >= 0.3 is 0 Å². The van der Waals surface area contributed by atoms with Crippen LogP contribution in [0.4, 0.5) is 0 Å². The summed E-state index contributed by atoms with van der Waals surface area (Å²) in [6.07, 6.45) is 25.7. The largest absolute Gasteiger partial charge is 0.325 e. The Morgan fingerprint density at radius 2 is 1.09 bits per heavy atom. The van der Waals surface area contributed by atoms with Crippen molar-refractivity contribution < 1.29 is 0 Å². The third-order valence-corrected chi connectivity index (χ3v) is 15.4. The van der Waals surface area contributed by atoms with E-state index in [0.29, 0.717) is 0 Å². The summed E-state index contributed by atoms with van der Waals surface area (Å²) in [4.78, 5) is 24.3. The molecule has 68 heavy (non-hydrogen) atoms. The molecule has 0 aromatic heterocycles. The summed E-state index contributed by atoms with van der Waals surface area (Å²) in [5.41, 5.74) is 14.9. The zero-order valence-electron chi connectivity index (χ0n) is 37.5. The lowest BCUT2D eigenvalue weighted by atomic mass is 9.67. The van der Waals surface area contributed by atoms with Crippen LogP contribution in [0.25, 0.3) is 22.3 Å². The van der Waals surface area contributed by atoms with Crippen LogP contribution in [0.15, 0.2) is 241 Å². The molecule has 1 spiro atoms. The topological polar surface area (TPSA) is 73.5 Å². The molecule has 13 rings (SSSR count). The SMILES string of the molecule is C1=CCCC(C2=NC(c3cc(C4=NC(C5C=CC=CC5)N=C(C5=CC=CCC5)N4)cc(-c4cccc5c4-c4ccccc4C54c5ccccc5Sc5ccccc54)c3)N=C(c3ccccc3)N2)=C1. The van der Waals surface area contributed by atoms with Gasteiger partial charge in [0.15, 0.2) is 12.3 Å². The summed E-state index contributed by atoms with van der Waals surface area (Å²) in [6, 6.07) is 51.4. The standard InChI is InChI=1S/C61H48N6S/c1-5-20-39(21-6-1)55-62-56(40-22-7-2-8-23-40)65-59(64-55)44-36-43(37-45(38-44)60-66-57(41-24-9-3-10-25-41)63-58(67-60)42-26-11-4-12-27-42)46-29-19-33-51-54(46)47-28-13-14-30-48(47)61(51)49-31-15-17-34-52(49)68-53-35-18-16-32-50(53)61/h1-7,9-11,13-22,24,26,28-38,41,57,59H,8,12,23,25,27H2,(H,62,64,65)(H,63,66,67). The number of nitrogens with zero attached hydrogens (tertiary/aromatic N) is 4. The van der Waals surface area contributed by atoms with E-state index >= 15 is 0 Å². The molecule has 6 nitrogen and oxygen atoms in total. The lowest BCUT2D eigenvalue weighted by Crippen LogP contribution is -2.40. The quantitative estimate of drug-likeness (QED) is 0.167. The van der Waals surface area contributed by atoms with Crippen molar-refractivity contribution in [3.8, 4) is 22.3 Å². The molecule has 6 aromatic carbocycles. The normalized spacial score (nSPS) is 21.4. The van der Waals surface area contributed by atoms with Crippen molar-refractivity contribution in [3.05, 3.63) is 250 Å². The smallest absolute Gasteiger partial charge is 0.169 e. The number of fused-ring (bicyclic) bond motifs is 9. The number of rotatable bonds is 7. The number of nitrogens with one attached hydrogen (secondary N) is 2. The molecule has 3 heterocycles. The van der Waals surface area contributed by atoms with Crippen LogP contribution >= 0.6 is 11.8 Å². The van der Waals surface area contributed by atoms with Crippen LogP contribution in [0.2, 0.25) is 0 Å². The summed E-state index contributed by atoms with van der Waals surface area (Å²) in [5.74, 6) is 3.52. The number of hydrogen-bond acceptors (Lipinski definition) is 7. The van der Waals surface area contributed by atoms with E-state index in [4.69, 9.17) is 20.0 Å². The number of benzene rings is 6. The van der Waals surface area contributed by atoms with Gasteiger partial charge in [0.2, 0.25) is 0 Å². The van der Waals surface area contributed by atoms with Crippen molar-refractivity contribution in [1.82, 2.24) is 10.6 Å². The predicted octanol–water partition coefficient (Wildman–Crippen LogP) is 13.4. The molecule has 3 atom stereocenters. The molecule has 7 aliphatic rings. The fourth-order valence-corrected chi connectivity index (χ4v) is 12.3. The highest BCUT2D eigenvalue weighted by molar-refractivity contribution is 7.99. The molecule has 0 saturated heterocycles. The summed E-state index contributed by atoms with van der Waals surface area (Å²) < 4.78 is 0. The van der Waals surface area contributed by atoms with Crippen molar-refractivity contribution in [1.29, 1.82) is 0 Å². The van der Waals surface area contributed by atoms with Crippen molar-refractivity contribution >= 4 is 35.1 Å². The third-order valence-electron chi connectivity index (χ3n) is 14.3. The lowest BCUT2D eigenvalue weighted by molar-refractivity contribution is 0.516. The number of hydrogen-bond donors (Lipinski definition) is 2. The Balaban J connectivity index is 1.05. The molecule has 2 N–H and O–H groups in total. The molecule has 6 aromatic rings. The van der Waals surface area contributed by atoms with Gasteiger partial charge in [0.25, 0.3) is 0 Å². The fourth-order valence-electron chi connectivity index (χ4n) is 11.1. The van der Waals surface area contributed by atoms with E-state index in [9.17, 15) is 0 Å². The van der Waals surface area contributed by atoms with Crippen LogP contribution in [0.3, 0.4) is 0 Å². The van der Waals surface area contributed by atoms with Crippen LogP contribution in [0.5, 0.6) is 0 Å². The minimum Gasteiger partial charge on any atom is -0.325 e. The van der Waals surface area contributed by atoms with E-state index in [1.807, 2.05) is 11.8 Å². The second kappa shape index (κ2) is 16.9. The molecular formula is C61H48N6S. The van der Waals surface area contributed by atoms with Gasteiger partial charge in [0.1, 0.15) is 23.3 Å². The third kappa shape index (κ3) is 6.86. The zero-order chi connectivity index (χ0) is 45.0. The maximum absolute atomic E-state index is 5.50. The first-order valence-corrected chi connectivity index (χ1v) is 24.7. The van der Waals surface area contributed by atoms with E-state index in [1.54, 1.807) is 0 Å². The van der Waals surface area contributed by atoms with Gasteiger partial charge in [-0.1, -0.05) is 182 Å². The molecule has 0 saturated carbocycles. The Morgan fingerprint density at radius 1 is 0.485 bits per heavy atom. The minimum absolute atomic E-state index is 0.145. The van der Waals surface area contributed by atoms with Crippen molar-refractivity contribution in [2.45, 2.75) is 59.6 Å². The van der Waals surface area contributed by atoms with Gasteiger partial charge in [0.05, 0.1) is 5.41 Å². The first-order chi connectivity index (χ1) is 33.7. The van der Waals surface area contributed by atoms with E-state index < -0.39 is 11.6 Å². The maximum Gasteiger partial charge on any atom is 0.169 e. The van der Waals surface area contributed by atoms with Crippen LogP contribution in [0, 0.1) is 5.92 Å². The van der Waals surface area contributed by atoms with E-state index in [2.05, 4.69) is 211 Å². The Labute approximate surface area is 401 Å². The van der Waals surface area contributed by atoms with E-state index in [1.165, 1.54) is 54.3 Å². The average molecular weight is 897 g/mol. The minimum atomic E-state index is -0.526. The highest BCUT2D eigenvalue weighted by Gasteiger charge is 2.50. The fraction of sp³-hybridized carbons (Fsp3) is 0.148. The van der Waals surface area contributed by atoms with Gasteiger partial charge < -0.3 is 10.6 Å². The van der Waals surface area contributed by atoms with E-state index in [-0.39, 0.29) is 12.1 Å². The van der Waals surface area contributed by atoms with E-state index in [0.717, 1.165) is 83.3 Å². The zero-order valence-corrected chi connectivity index (χ0v) is 38.3. The number of amidine groups is 4. The molecule has 4 aliphatic carbocycles. The van der Waals surface area contributed by atoms with Gasteiger partial charge in [-0.2, -0.15) is 0 Å². The summed E-state index contributed by atoms with van der Waals surface area (Å²) in [7, 11) is 0. The summed E-state index contributed by atoms with van der Waals surface area (Å²) in [5, 5.41) is 7.46. The van der Waals surface area contributed by atoms with Gasteiger partial charge in [0, 0.05) is 26.8 Å². The van der Waals surface area contributed by atoms with Crippen molar-refractivity contribution in [2.75, 3.05) is 0 Å². The Kier molecular flexibility index (Phi) is 10.1. The molecule has 328 valence electrons. The second-order valence-electron chi connectivity index (χ2n) is 18.3. The molecule has 7 heteroatoms. The summed E-state index contributed by atoms with van der Waals surface area (Å²) in [6.45, 7) is 0. The van der Waals surface area contributed by atoms with Crippen LogP contribution in [0.1, 0.15) is 77.2 Å². The van der Waals surface area contributed by atoms with Gasteiger partial charge in [-0.25, -0.2) is 20.0 Å². The summed E-state index contributed by atoms with van der Waals surface area (Å²) >= 11 is 1.88. The Hall–Kier alpha value is -7.61. The highest BCUT2D eigenvalue weighted by atomic mass is 32.2. The highest BCUT2D eigenvalue weighted by Crippen LogP contribution is 2.63. The number of allylic oxidation sites excluding steroid dienone is 9. The molecule has 0 fully saturated rings. The van der Waals surface area contributed by atoms with Crippen molar-refractivity contribution in [3.63, 3.8) is 0 Å². The van der Waals surface area contributed by atoms with Crippen LogP contribution in [-0.4, -0.2) is 29.5 Å². The number of aliphatic imine (C=N–C) groups is 4. The monoisotopic (exact) mass is 896 g/mol. The van der Waals surface area contributed by atoms with Crippen LogP contribution < -0.4 is 10.6 Å². The molecular weight excluding hydrogens is 849 g/mol. The predicted molar refractivity (Wildman–Crippen MR) is 280 cm³/mol. The molecule has 3 unspecified atom stereocenters.